The van der Waals surface area contributed by atoms with Crippen LogP contribution in [0.25, 0.3) is 0 Å². The molecular weight excluding hydrogens is 729 g/mol. The minimum atomic E-state index is -5.08. The third-order valence-electron chi connectivity index (χ3n) is 10.4. The normalized spacial score (nSPS) is 16.5. The Kier molecular flexibility index (Phi) is 18.6. The zero-order valence-corrected chi connectivity index (χ0v) is 31.8. The quantitative estimate of drug-likeness (QED) is 0.0627. The molecule has 2 aliphatic carbocycles. The first-order valence-corrected chi connectivity index (χ1v) is 19.4. The van der Waals surface area contributed by atoms with Gasteiger partial charge in [-0.1, -0.05) is 93.1 Å². The molecule has 13 nitrogen and oxygen atoms in total. The molecule has 2 fully saturated rings. The lowest BCUT2D eigenvalue weighted by Crippen LogP contribution is -2.57. The maximum absolute atomic E-state index is 14.3. The van der Waals surface area contributed by atoms with Crippen molar-refractivity contribution in [1.82, 2.24) is 21.3 Å². The van der Waals surface area contributed by atoms with Crippen LogP contribution in [0.2, 0.25) is 0 Å². The van der Waals surface area contributed by atoms with Crippen LogP contribution in [0.5, 0.6) is 0 Å². The number of guanidine groups is 1. The number of carboxylic acid groups (broad SMARTS) is 1. The number of alkyl halides is 3. The van der Waals surface area contributed by atoms with Gasteiger partial charge in [0.15, 0.2) is 5.96 Å². The second-order valence-corrected chi connectivity index (χ2v) is 14.6. The van der Waals surface area contributed by atoms with Crippen LogP contribution in [0.4, 0.5) is 13.2 Å². The van der Waals surface area contributed by atoms with Crippen LogP contribution in [-0.4, -0.2) is 71.9 Å². The lowest BCUT2D eigenvalue weighted by Gasteiger charge is -2.34. The summed E-state index contributed by atoms with van der Waals surface area (Å²) in [7, 11) is 0. The summed E-state index contributed by atoms with van der Waals surface area (Å²) in [4.78, 5) is 50.8. The van der Waals surface area contributed by atoms with Crippen molar-refractivity contribution in [2.75, 3.05) is 13.1 Å². The Balaban J connectivity index is 0.00000109. The van der Waals surface area contributed by atoms with E-state index in [0.717, 1.165) is 68.9 Å². The number of hydrogen-bond donors (Lipinski definition) is 9. The van der Waals surface area contributed by atoms with Crippen LogP contribution in [0.3, 0.4) is 0 Å². The second-order valence-electron chi connectivity index (χ2n) is 14.6. The molecule has 308 valence electrons. The monoisotopic (exact) mass is 786 g/mol. The zero-order chi connectivity index (χ0) is 41.1. The topological polar surface area (TPSA) is 236 Å². The summed E-state index contributed by atoms with van der Waals surface area (Å²) in [5, 5.41) is 34.3. The van der Waals surface area contributed by atoms with E-state index in [2.05, 4.69) is 21.3 Å². The van der Waals surface area contributed by atoms with Crippen molar-refractivity contribution < 1.29 is 37.5 Å². The van der Waals surface area contributed by atoms with E-state index >= 15 is 0 Å². The molecule has 2 unspecified atom stereocenters. The maximum atomic E-state index is 14.3. The lowest BCUT2D eigenvalue weighted by atomic mass is 9.76. The van der Waals surface area contributed by atoms with Gasteiger partial charge in [-0.3, -0.25) is 25.2 Å². The Morgan fingerprint density at radius 1 is 0.732 bits per heavy atom. The van der Waals surface area contributed by atoms with E-state index in [1.807, 2.05) is 54.6 Å². The smallest absolute Gasteiger partial charge is 0.475 e. The zero-order valence-electron chi connectivity index (χ0n) is 31.8. The number of nitrogen functional groups attached to an aromatic ring is 1. The third-order valence-corrected chi connectivity index (χ3v) is 10.4. The summed E-state index contributed by atoms with van der Waals surface area (Å²) in [5.74, 6) is -3.68. The predicted molar refractivity (Wildman–Crippen MR) is 208 cm³/mol. The number of carbonyl (C=O) groups excluding carboxylic acids is 3. The molecule has 2 saturated carbocycles. The van der Waals surface area contributed by atoms with E-state index in [1.54, 1.807) is 0 Å². The molecule has 2 aromatic carbocycles. The first-order valence-electron chi connectivity index (χ1n) is 19.4. The number of nitrogens with two attached hydrogens (primary N) is 2. The molecule has 56 heavy (non-hydrogen) atoms. The van der Waals surface area contributed by atoms with Crippen molar-refractivity contribution in [2.24, 2.45) is 29.2 Å². The Hall–Kier alpha value is -5.15. The van der Waals surface area contributed by atoms with Crippen LogP contribution in [-0.2, 0) is 32.0 Å². The number of halogens is 3. The van der Waals surface area contributed by atoms with Crippen LogP contribution in [0.1, 0.15) is 93.7 Å². The molecule has 2 aliphatic rings. The summed E-state index contributed by atoms with van der Waals surface area (Å²) in [6.07, 6.45) is 7.09. The Morgan fingerprint density at radius 3 is 1.84 bits per heavy atom. The highest BCUT2D eigenvalue weighted by Crippen LogP contribution is 2.33. The largest absolute Gasteiger partial charge is 0.490 e. The number of nitrogens with one attached hydrogen (secondary N) is 6. The van der Waals surface area contributed by atoms with Gasteiger partial charge in [0.05, 0.1) is 0 Å². The fraction of sp³-hybridized carbons (Fsp3) is 0.550. The Labute approximate surface area is 326 Å². The fourth-order valence-electron chi connectivity index (χ4n) is 7.37. The van der Waals surface area contributed by atoms with E-state index in [9.17, 15) is 27.6 Å². The van der Waals surface area contributed by atoms with Crippen molar-refractivity contribution in [3.8, 4) is 0 Å². The van der Waals surface area contributed by atoms with Gasteiger partial charge in [0.25, 0.3) is 0 Å². The highest BCUT2D eigenvalue weighted by atomic mass is 19.4. The van der Waals surface area contributed by atoms with E-state index in [4.69, 9.17) is 32.2 Å². The third kappa shape index (κ3) is 15.9. The average Bonchev–Trinajstić information content (AvgIpc) is 3.18. The molecule has 2 aromatic rings. The first-order chi connectivity index (χ1) is 26.6. The predicted octanol–water partition coefficient (Wildman–Crippen LogP) is 4.52. The molecular formula is C40H57F3N8O5. The highest BCUT2D eigenvalue weighted by molar-refractivity contribution is 5.95. The van der Waals surface area contributed by atoms with E-state index in [-0.39, 0.29) is 47.3 Å². The van der Waals surface area contributed by atoms with Crippen LogP contribution >= 0.6 is 0 Å². The molecule has 4 rings (SSSR count). The number of rotatable bonds is 17. The summed E-state index contributed by atoms with van der Waals surface area (Å²) in [6.45, 7) is 0.832. The number of amides is 3. The van der Waals surface area contributed by atoms with Crippen LogP contribution < -0.4 is 32.7 Å². The van der Waals surface area contributed by atoms with Gasteiger partial charge < -0.3 is 37.8 Å². The van der Waals surface area contributed by atoms with Crippen molar-refractivity contribution in [2.45, 2.75) is 108 Å². The van der Waals surface area contributed by atoms with E-state index in [1.165, 1.54) is 6.42 Å². The van der Waals surface area contributed by atoms with Crippen molar-refractivity contribution in [1.29, 1.82) is 10.8 Å². The number of carbonyl (C=O) groups is 4. The first kappa shape index (κ1) is 45.2. The number of carboxylic acids is 1. The van der Waals surface area contributed by atoms with Crippen molar-refractivity contribution >= 4 is 35.5 Å². The van der Waals surface area contributed by atoms with Gasteiger partial charge >= 0.3 is 12.1 Å². The summed E-state index contributed by atoms with van der Waals surface area (Å²) >= 11 is 0. The SMILES string of the molecule is N=C(N)NCCC[C@H](NC(=O)C(NC(=O)C(Cc1ccc(C(=N)N)cc1)C1CCCCC1)C1CCCCC1)C(=O)NCCc1ccccc1.O=C(O)C(F)(F)F. The Morgan fingerprint density at radius 2 is 1.30 bits per heavy atom. The molecule has 0 bridgehead atoms. The molecule has 3 atom stereocenters. The summed E-state index contributed by atoms with van der Waals surface area (Å²) in [6, 6.07) is 15.9. The van der Waals surface area contributed by atoms with Gasteiger partial charge in [0, 0.05) is 24.6 Å². The minimum Gasteiger partial charge on any atom is -0.475 e. The molecule has 0 saturated heterocycles. The van der Waals surface area contributed by atoms with Gasteiger partial charge in [-0.15, -0.1) is 0 Å². The molecule has 16 heteroatoms. The highest BCUT2D eigenvalue weighted by Gasteiger charge is 2.39. The van der Waals surface area contributed by atoms with Crippen molar-refractivity contribution in [3.05, 3.63) is 71.3 Å². The minimum absolute atomic E-state index is 0.00718. The van der Waals surface area contributed by atoms with Crippen molar-refractivity contribution in [3.63, 3.8) is 0 Å². The number of aliphatic carboxylic acids is 1. The molecule has 11 N–H and O–H groups in total. The number of hydrogen-bond acceptors (Lipinski definition) is 6. The van der Waals surface area contributed by atoms with Gasteiger partial charge in [-0.2, -0.15) is 13.2 Å². The molecule has 0 radical (unpaired) electrons. The average molecular weight is 787 g/mol. The van der Waals surface area contributed by atoms with Crippen LogP contribution in [0, 0.1) is 28.6 Å². The van der Waals surface area contributed by atoms with Gasteiger partial charge in [0.2, 0.25) is 17.7 Å². The van der Waals surface area contributed by atoms with Gasteiger partial charge in [0.1, 0.15) is 17.9 Å². The number of amidine groups is 1. The van der Waals surface area contributed by atoms with Gasteiger partial charge in [-0.05, 0) is 74.3 Å². The van der Waals surface area contributed by atoms with Gasteiger partial charge in [-0.25, -0.2) is 4.79 Å². The standard InChI is InChI=1S/C38H56N8O3.C2HF3O2/c39-34(40)30-20-18-27(19-21-30)25-31(28-13-6-2-7-14-28)35(47)46-33(29-15-8-3-9-16-29)37(49)45-32(17-10-23-44-38(41)42)36(48)43-24-22-26-11-4-1-5-12-26;3-2(4,5)1(6)7/h1,4-5,11-12,18-21,28-29,31-33H,2-3,6-10,13-17,22-25H2,(H3,39,40)(H,43,48)(H,45,49)(H,46,47)(H4,41,42,44);(H,6,7)/t31?,32-,33?;/m0./s1. The maximum Gasteiger partial charge on any atom is 0.490 e. The summed E-state index contributed by atoms with van der Waals surface area (Å²) in [5.41, 5.74) is 13.9. The molecule has 0 aliphatic heterocycles. The fourth-order valence-corrected chi connectivity index (χ4v) is 7.37. The number of benzene rings is 2. The molecule has 3 amide bonds. The molecule has 0 heterocycles. The Bertz CT molecular complexity index is 1580. The summed E-state index contributed by atoms with van der Waals surface area (Å²) < 4.78 is 31.7. The van der Waals surface area contributed by atoms with Crippen LogP contribution in [0.15, 0.2) is 54.6 Å². The second kappa shape index (κ2) is 23.0. The van der Waals surface area contributed by atoms with E-state index in [0.29, 0.717) is 44.3 Å². The lowest BCUT2D eigenvalue weighted by molar-refractivity contribution is -0.192. The van der Waals surface area contributed by atoms with E-state index < -0.39 is 24.2 Å². The molecule has 0 aromatic heterocycles. The molecule has 0 spiro atoms.